The van der Waals surface area contributed by atoms with Crippen molar-refractivity contribution in [1.82, 2.24) is 14.5 Å². The lowest BCUT2D eigenvalue weighted by Gasteiger charge is -2.14. The Bertz CT molecular complexity index is 687. The Hall–Kier alpha value is -1.98. The number of nitrogens with two attached hydrogens (primary N) is 1. The monoisotopic (exact) mass is 284 g/mol. The molecule has 5 heteroatoms. The van der Waals surface area contributed by atoms with E-state index in [9.17, 15) is 0 Å². The standard InChI is InChI=1S/C15H16N4S/c1-11-14(20-10-18-11)8-19-9-17-7-13(19)15(16)12-5-3-2-4-6-12/h2-7,9-10,15H,8,16H2,1H3. The van der Waals surface area contributed by atoms with Crippen molar-refractivity contribution in [3.05, 3.63) is 70.2 Å². The van der Waals surface area contributed by atoms with Crippen molar-refractivity contribution in [1.29, 1.82) is 0 Å². The van der Waals surface area contributed by atoms with Crippen LogP contribution in [0.4, 0.5) is 0 Å². The van der Waals surface area contributed by atoms with E-state index in [1.165, 1.54) is 4.88 Å². The topological polar surface area (TPSA) is 56.7 Å². The Kier molecular flexibility index (Phi) is 3.62. The molecule has 2 N–H and O–H groups in total. The molecule has 20 heavy (non-hydrogen) atoms. The van der Waals surface area contributed by atoms with Gasteiger partial charge in [-0.05, 0) is 12.5 Å². The molecule has 1 aromatic carbocycles. The highest BCUT2D eigenvalue weighted by Gasteiger charge is 2.14. The summed E-state index contributed by atoms with van der Waals surface area (Å²) in [5, 5.41) is 0. The van der Waals surface area contributed by atoms with Gasteiger partial charge in [0.25, 0.3) is 0 Å². The van der Waals surface area contributed by atoms with Crippen LogP contribution in [0.5, 0.6) is 0 Å². The van der Waals surface area contributed by atoms with E-state index < -0.39 is 0 Å². The predicted molar refractivity (Wildman–Crippen MR) is 80.7 cm³/mol. The summed E-state index contributed by atoms with van der Waals surface area (Å²) in [6.45, 7) is 2.80. The predicted octanol–water partition coefficient (Wildman–Crippen LogP) is 2.74. The first kappa shape index (κ1) is 13.0. The molecule has 0 radical (unpaired) electrons. The number of imidazole rings is 1. The van der Waals surface area contributed by atoms with Crippen LogP contribution in [0.3, 0.4) is 0 Å². The number of rotatable bonds is 4. The van der Waals surface area contributed by atoms with Gasteiger partial charge in [-0.1, -0.05) is 30.3 Å². The van der Waals surface area contributed by atoms with Crippen molar-refractivity contribution in [2.45, 2.75) is 19.5 Å². The summed E-state index contributed by atoms with van der Waals surface area (Å²) >= 11 is 1.66. The summed E-state index contributed by atoms with van der Waals surface area (Å²) in [5.41, 5.74) is 11.4. The van der Waals surface area contributed by atoms with Gasteiger partial charge in [0.05, 0.1) is 42.0 Å². The highest BCUT2D eigenvalue weighted by molar-refractivity contribution is 7.09. The fourth-order valence-electron chi connectivity index (χ4n) is 2.19. The zero-order valence-corrected chi connectivity index (χ0v) is 12.0. The summed E-state index contributed by atoms with van der Waals surface area (Å²) < 4.78 is 2.10. The van der Waals surface area contributed by atoms with Crippen molar-refractivity contribution in [3.63, 3.8) is 0 Å². The van der Waals surface area contributed by atoms with Gasteiger partial charge in [0.1, 0.15) is 0 Å². The SMILES string of the molecule is Cc1ncsc1Cn1cncc1C(N)c1ccccc1. The molecule has 4 nitrogen and oxygen atoms in total. The molecule has 0 saturated heterocycles. The third-order valence-electron chi connectivity index (χ3n) is 3.38. The molecular formula is C15H16N4S. The fraction of sp³-hybridized carbons (Fsp3) is 0.200. The Morgan fingerprint density at radius 2 is 2.10 bits per heavy atom. The molecule has 2 heterocycles. The van der Waals surface area contributed by atoms with Crippen LogP contribution in [0, 0.1) is 6.92 Å². The number of hydrogen-bond donors (Lipinski definition) is 1. The second-order valence-corrected chi connectivity index (χ2v) is 5.64. The second kappa shape index (κ2) is 5.56. The van der Waals surface area contributed by atoms with Crippen molar-refractivity contribution in [2.24, 2.45) is 5.73 Å². The average molecular weight is 284 g/mol. The van der Waals surface area contributed by atoms with Gasteiger partial charge in [-0.25, -0.2) is 9.97 Å². The van der Waals surface area contributed by atoms with E-state index in [4.69, 9.17) is 5.73 Å². The number of aryl methyl sites for hydroxylation is 1. The summed E-state index contributed by atoms with van der Waals surface area (Å²) in [6, 6.07) is 9.92. The molecule has 0 aliphatic rings. The maximum atomic E-state index is 6.36. The van der Waals surface area contributed by atoms with Crippen molar-refractivity contribution in [3.8, 4) is 0 Å². The van der Waals surface area contributed by atoms with E-state index in [0.717, 1.165) is 23.5 Å². The largest absolute Gasteiger partial charge is 0.328 e. The zero-order valence-electron chi connectivity index (χ0n) is 11.2. The van der Waals surface area contributed by atoms with Crippen LogP contribution in [0.15, 0.2) is 48.4 Å². The molecule has 1 atom stereocenters. The molecule has 3 aromatic rings. The molecule has 1 unspecified atom stereocenters. The number of benzene rings is 1. The quantitative estimate of drug-likeness (QED) is 0.801. The maximum Gasteiger partial charge on any atom is 0.0952 e. The van der Waals surface area contributed by atoms with Crippen molar-refractivity contribution < 1.29 is 0 Å². The van der Waals surface area contributed by atoms with Gasteiger partial charge in [-0.2, -0.15) is 0 Å². The molecule has 0 aliphatic carbocycles. The van der Waals surface area contributed by atoms with Gasteiger partial charge in [0.15, 0.2) is 0 Å². The molecule has 0 amide bonds. The van der Waals surface area contributed by atoms with E-state index >= 15 is 0 Å². The molecule has 102 valence electrons. The van der Waals surface area contributed by atoms with Crippen LogP contribution in [-0.2, 0) is 6.54 Å². The van der Waals surface area contributed by atoms with E-state index in [0.29, 0.717) is 0 Å². The molecular weight excluding hydrogens is 268 g/mol. The van der Waals surface area contributed by atoms with Crippen LogP contribution < -0.4 is 5.73 Å². The van der Waals surface area contributed by atoms with Crippen molar-refractivity contribution >= 4 is 11.3 Å². The number of aromatic nitrogens is 3. The minimum atomic E-state index is -0.160. The van der Waals surface area contributed by atoms with Crippen molar-refractivity contribution in [2.75, 3.05) is 0 Å². The Balaban J connectivity index is 1.89. The third kappa shape index (κ3) is 2.50. The first-order valence-electron chi connectivity index (χ1n) is 6.45. The summed E-state index contributed by atoms with van der Waals surface area (Å²) in [4.78, 5) is 9.77. The number of hydrogen-bond acceptors (Lipinski definition) is 4. The molecule has 0 bridgehead atoms. The van der Waals surface area contributed by atoms with Gasteiger partial charge >= 0.3 is 0 Å². The van der Waals surface area contributed by atoms with Crippen LogP contribution in [0.25, 0.3) is 0 Å². The Labute approximate surface area is 121 Å². The fourth-order valence-corrected chi connectivity index (χ4v) is 2.96. The average Bonchev–Trinajstić information content (AvgIpc) is 3.09. The Morgan fingerprint density at radius 3 is 2.80 bits per heavy atom. The van der Waals surface area contributed by atoms with Gasteiger partial charge in [-0.3, -0.25) is 0 Å². The zero-order chi connectivity index (χ0) is 13.9. The van der Waals surface area contributed by atoms with Gasteiger partial charge < -0.3 is 10.3 Å². The molecule has 3 rings (SSSR count). The van der Waals surface area contributed by atoms with E-state index in [1.54, 1.807) is 11.3 Å². The Morgan fingerprint density at radius 1 is 1.30 bits per heavy atom. The smallest absolute Gasteiger partial charge is 0.0952 e. The molecule has 0 fully saturated rings. The summed E-state index contributed by atoms with van der Waals surface area (Å²) in [6.07, 6.45) is 3.67. The van der Waals surface area contributed by atoms with Gasteiger partial charge in [-0.15, -0.1) is 11.3 Å². The first-order chi connectivity index (χ1) is 9.75. The van der Waals surface area contributed by atoms with Crippen LogP contribution in [0.2, 0.25) is 0 Å². The minimum absolute atomic E-state index is 0.160. The lowest BCUT2D eigenvalue weighted by Crippen LogP contribution is -2.16. The van der Waals surface area contributed by atoms with Crippen LogP contribution >= 0.6 is 11.3 Å². The third-order valence-corrected chi connectivity index (χ3v) is 4.30. The van der Waals surface area contributed by atoms with Crippen LogP contribution in [0.1, 0.15) is 27.9 Å². The molecule has 0 saturated carbocycles. The minimum Gasteiger partial charge on any atom is -0.328 e. The molecule has 0 spiro atoms. The van der Waals surface area contributed by atoms with E-state index in [2.05, 4.69) is 14.5 Å². The number of thiazole rings is 1. The lowest BCUT2D eigenvalue weighted by molar-refractivity contribution is 0.698. The van der Waals surface area contributed by atoms with Crippen LogP contribution in [-0.4, -0.2) is 14.5 Å². The van der Waals surface area contributed by atoms with Gasteiger partial charge in [0, 0.05) is 4.88 Å². The first-order valence-corrected chi connectivity index (χ1v) is 7.33. The lowest BCUT2D eigenvalue weighted by atomic mass is 10.1. The maximum absolute atomic E-state index is 6.36. The van der Waals surface area contributed by atoms with E-state index in [-0.39, 0.29) is 6.04 Å². The highest BCUT2D eigenvalue weighted by Crippen LogP contribution is 2.21. The van der Waals surface area contributed by atoms with E-state index in [1.807, 2.05) is 55.3 Å². The molecule has 0 aliphatic heterocycles. The normalized spacial score (nSPS) is 12.5. The number of nitrogens with zero attached hydrogens (tertiary/aromatic N) is 3. The highest BCUT2D eigenvalue weighted by atomic mass is 32.1. The van der Waals surface area contributed by atoms with Gasteiger partial charge in [0.2, 0.25) is 0 Å². The second-order valence-electron chi connectivity index (χ2n) is 4.70. The summed E-state index contributed by atoms with van der Waals surface area (Å²) in [5.74, 6) is 0. The summed E-state index contributed by atoms with van der Waals surface area (Å²) in [7, 11) is 0. The molecule has 2 aromatic heterocycles.